The smallest absolute Gasteiger partial charge is 0.273 e. The van der Waals surface area contributed by atoms with Crippen LogP contribution in [0.5, 0.6) is 0 Å². The van der Waals surface area contributed by atoms with Crippen LogP contribution in [0.1, 0.15) is 53.3 Å². The number of nitrogens with zero attached hydrogens (tertiary/aromatic N) is 3. The Bertz CT molecular complexity index is 1090. The Kier molecular flexibility index (Phi) is 4.71. The number of piperazine rings is 1. The summed E-state index contributed by atoms with van der Waals surface area (Å²) < 4.78 is 5.74. The monoisotopic (exact) mass is 428 g/mol. The van der Waals surface area contributed by atoms with Crippen LogP contribution in [0.3, 0.4) is 0 Å². The summed E-state index contributed by atoms with van der Waals surface area (Å²) >= 11 is 0. The van der Waals surface area contributed by atoms with Gasteiger partial charge in [0.25, 0.3) is 5.91 Å². The number of aromatic nitrogens is 3. The van der Waals surface area contributed by atoms with Crippen molar-refractivity contribution in [2.45, 2.75) is 50.6 Å². The number of aryl methyl sites for hydroxylation is 1. The van der Waals surface area contributed by atoms with Crippen molar-refractivity contribution in [1.82, 2.24) is 25.4 Å². The quantitative estimate of drug-likeness (QED) is 0.588. The first-order chi connectivity index (χ1) is 14.2. The van der Waals surface area contributed by atoms with Crippen LogP contribution in [-0.2, 0) is 0 Å². The maximum absolute atomic E-state index is 13.5. The summed E-state index contributed by atoms with van der Waals surface area (Å²) in [6.45, 7) is 3.62. The van der Waals surface area contributed by atoms with Crippen molar-refractivity contribution in [2.24, 2.45) is 0 Å². The maximum atomic E-state index is 13.5. The molecule has 3 aromatic rings. The molecular weight excluding hydrogens is 404 g/mol. The highest BCUT2D eigenvalue weighted by Crippen LogP contribution is 2.40. The molecule has 9 heteroatoms. The van der Waals surface area contributed by atoms with Crippen molar-refractivity contribution in [3.05, 3.63) is 35.3 Å². The Morgan fingerprint density at radius 2 is 2.00 bits per heavy atom. The predicted molar refractivity (Wildman–Crippen MR) is 116 cm³/mol. The standard InChI is InChI=1S/C21H24N6O2.ClH/c1-11-18(21(28)27-13-4-5-14(27)10-22-9-13)24-20(15-6-7-29-19(11)15)23-17-8-16(25-26-17)12-2-3-12;/h6-8,12-14,22H,2-5,9-10H2,1H3,(H2,23,24,25,26);1H. The number of nitrogens with one attached hydrogen (secondary N) is 3. The first-order valence-corrected chi connectivity index (χ1v) is 10.4. The van der Waals surface area contributed by atoms with Crippen LogP contribution in [0.15, 0.2) is 22.8 Å². The van der Waals surface area contributed by atoms with Gasteiger partial charge >= 0.3 is 0 Å². The second kappa shape index (κ2) is 7.28. The van der Waals surface area contributed by atoms with Gasteiger partial charge in [-0.2, -0.15) is 5.10 Å². The molecular formula is C21H25ClN6O2. The molecule has 2 bridgehead atoms. The lowest BCUT2D eigenvalue weighted by atomic mass is 10.1. The Morgan fingerprint density at radius 1 is 1.23 bits per heavy atom. The van der Waals surface area contributed by atoms with Crippen molar-refractivity contribution in [2.75, 3.05) is 18.4 Å². The average molecular weight is 429 g/mol. The molecule has 1 amide bonds. The normalized spacial score (nSPS) is 22.9. The van der Waals surface area contributed by atoms with Crippen LogP contribution in [0.25, 0.3) is 11.0 Å². The lowest BCUT2D eigenvalue weighted by molar-refractivity contribution is 0.0613. The van der Waals surface area contributed by atoms with Crippen LogP contribution in [-0.4, -0.2) is 51.2 Å². The molecule has 2 atom stereocenters. The first-order valence-electron chi connectivity index (χ1n) is 10.4. The first kappa shape index (κ1) is 19.4. The van der Waals surface area contributed by atoms with Crippen molar-refractivity contribution in [1.29, 1.82) is 0 Å². The van der Waals surface area contributed by atoms with E-state index in [0.29, 0.717) is 28.8 Å². The van der Waals surface area contributed by atoms with Gasteiger partial charge in [0.05, 0.1) is 11.6 Å². The van der Waals surface area contributed by atoms with Gasteiger partial charge in [0.2, 0.25) is 0 Å². The lowest BCUT2D eigenvalue weighted by Crippen LogP contribution is -2.54. The Balaban J connectivity index is 0.00000193. The Labute approximate surface area is 180 Å². The molecule has 1 saturated carbocycles. The van der Waals surface area contributed by atoms with E-state index in [1.54, 1.807) is 6.26 Å². The summed E-state index contributed by atoms with van der Waals surface area (Å²) in [4.78, 5) is 20.3. The maximum Gasteiger partial charge on any atom is 0.273 e. The molecule has 3 aromatic heterocycles. The summed E-state index contributed by atoms with van der Waals surface area (Å²) in [5, 5.41) is 15.1. The molecule has 3 fully saturated rings. The molecule has 30 heavy (non-hydrogen) atoms. The van der Waals surface area contributed by atoms with Crippen LogP contribution in [0.4, 0.5) is 11.6 Å². The second-order valence-electron chi connectivity index (χ2n) is 8.46. The van der Waals surface area contributed by atoms with E-state index < -0.39 is 0 Å². The zero-order valence-electron chi connectivity index (χ0n) is 16.8. The largest absolute Gasteiger partial charge is 0.464 e. The summed E-state index contributed by atoms with van der Waals surface area (Å²) in [5.74, 6) is 1.92. The zero-order chi connectivity index (χ0) is 19.5. The number of hydrogen-bond donors (Lipinski definition) is 3. The number of halogens is 1. The predicted octanol–water partition coefficient (Wildman–Crippen LogP) is 3.48. The van der Waals surface area contributed by atoms with E-state index in [0.717, 1.165) is 42.6 Å². The van der Waals surface area contributed by atoms with Gasteiger partial charge in [0.1, 0.15) is 17.1 Å². The third-order valence-corrected chi connectivity index (χ3v) is 6.52. The summed E-state index contributed by atoms with van der Waals surface area (Å²) in [7, 11) is 0. The van der Waals surface area contributed by atoms with Crippen molar-refractivity contribution < 1.29 is 9.21 Å². The van der Waals surface area contributed by atoms with Crippen LogP contribution in [0.2, 0.25) is 0 Å². The number of pyridine rings is 1. The zero-order valence-corrected chi connectivity index (χ0v) is 17.6. The number of H-pyrrole nitrogens is 1. The van der Waals surface area contributed by atoms with Gasteiger partial charge in [-0.05, 0) is 38.7 Å². The fourth-order valence-corrected chi connectivity index (χ4v) is 4.81. The van der Waals surface area contributed by atoms with Gasteiger partial charge in [-0.15, -0.1) is 12.4 Å². The highest BCUT2D eigenvalue weighted by Gasteiger charge is 2.41. The van der Waals surface area contributed by atoms with Crippen LogP contribution < -0.4 is 10.6 Å². The molecule has 158 valence electrons. The van der Waals surface area contributed by atoms with Gasteiger partial charge in [-0.1, -0.05) is 0 Å². The van der Waals surface area contributed by atoms with Crippen molar-refractivity contribution in [3.63, 3.8) is 0 Å². The van der Waals surface area contributed by atoms with Crippen LogP contribution >= 0.6 is 12.4 Å². The number of aromatic amines is 1. The van der Waals surface area contributed by atoms with E-state index in [9.17, 15) is 4.79 Å². The molecule has 2 aliphatic heterocycles. The number of furan rings is 1. The SMILES string of the molecule is Cc1c(C(=O)N2C3CCC2CNC3)nc(Nc2cc(C3CC3)[nH]n2)c2ccoc12.Cl. The number of amides is 1. The minimum atomic E-state index is -0.00135. The highest BCUT2D eigenvalue weighted by molar-refractivity contribution is 6.02. The minimum absolute atomic E-state index is 0. The number of carbonyl (C=O) groups excluding carboxylic acids is 1. The second-order valence-corrected chi connectivity index (χ2v) is 8.46. The summed E-state index contributed by atoms with van der Waals surface area (Å²) in [6.07, 6.45) is 6.17. The van der Waals surface area contributed by atoms with E-state index in [1.807, 2.05) is 24.0 Å². The van der Waals surface area contributed by atoms with Gasteiger partial charge in [-0.3, -0.25) is 9.89 Å². The fraction of sp³-hybridized carbons (Fsp3) is 0.476. The number of fused-ring (bicyclic) bond motifs is 3. The van der Waals surface area contributed by atoms with E-state index in [-0.39, 0.29) is 30.4 Å². The van der Waals surface area contributed by atoms with Gasteiger partial charge in [0, 0.05) is 48.4 Å². The number of rotatable bonds is 4. The third kappa shape index (κ3) is 3.06. The highest BCUT2D eigenvalue weighted by atomic mass is 35.5. The van der Waals surface area contributed by atoms with Crippen molar-refractivity contribution in [3.8, 4) is 0 Å². The number of carbonyl (C=O) groups is 1. The van der Waals surface area contributed by atoms with Gasteiger partial charge in [-0.25, -0.2) is 4.98 Å². The van der Waals surface area contributed by atoms with E-state index in [2.05, 4.69) is 20.8 Å². The molecule has 3 aliphatic rings. The Morgan fingerprint density at radius 3 is 2.73 bits per heavy atom. The average Bonchev–Trinajstić information content (AvgIpc) is 3.16. The van der Waals surface area contributed by atoms with E-state index >= 15 is 0 Å². The number of hydrogen-bond acceptors (Lipinski definition) is 6. The Hall–Kier alpha value is -2.58. The van der Waals surface area contributed by atoms with E-state index in [1.165, 1.54) is 12.8 Å². The van der Waals surface area contributed by atoms with E-state index in [4.69, 9.17) is 9.40 Å². The van der Waals surface area contributed by atoms with Crippen LogP contribution in [0, 0.1) is 6.92 Å². The molecule has 5 heterocycles. The molecule has 8 nitrogen and oxygen atoms in total. The molecule has 3 N–H and O–H groups in total. The van der Waals surface area contributed by atoms with Gasteiger partial charge < -0.3 is 20.0 Å². The summed E-state index contributed by atoms with van der Waals surface area (Å²) in [6, 6.07) is 4.41. The third-order valence-electron chi connectivity index (χ3n) is 6.52. The van der Waals surface area contributed by atoms with Gasteiger partial charge in [0.15, 0.2) is 5.82 Å². The minimum Gasteiger partial charge on any atom is -0.464 e. The molecule has 2 saturated heterocycles. The number of anilines is 2. The fourth-order valence-electron chi connectivity index (χ4n) is 4.81. The topological polar surface area (TPSA) is 99.1 Å². The molecule has 0 radical (unpaired) electrons. The lowest BCUT2D eigenvalue weighted by Gasteiger charge is -2.35. The van der Waals surface area contributed by atoms with Crippen molar-refractivity contribution >= 4 is 40.9 Å². The molecule has 2 unspecified atom stereocenters. The summed E-state index contributed by atoms with van der Waals surface area (Å²) in [5.41, 5.74) is 3.11. The molecule has 1 aliphatic carbocycles. The molecule has 0 spiro atoms. The molecule has 0 aromatic carbocycles. The molecule has 6 rings (SSSR count).